The van der Waals surface area contributed by atoms with E-state index >= 15 is 0 Å². The molecule has 0 fully saturated rings. The van der Waals surface area contributed by atoms with Gasteiger partial charge in [-0.15, -0.1) is 0 Å². The van der Waals surface area contributed by atoms with Crippen LogP contribution in [0, 0.1) is 0 Å². The van der Waals surface area contributed by atoms with Gasteiger partial charge in [0.1, 0.15) is 11.8 Å². The minimum Gasteiger partial charge on any atom is -0.772 e. The van der Waals surface area contributed by atoms with Crippen molar-refractivity contribution in [3.63, 3.8) is 0 Å². The van der Waals surface area contributed by atoms with Crippen LogP contribution in [0.15, 0.2) is 24.5 Å². The minimum atomic E-state index is -2.21. The van der Waals surface area contributed by atoms with Gasteiger partial charge >= 0.3 is 5.97 Å². The van der Waals surface area contributed by atoms with Gasteiger partial charge in [-0.2, -0.15) is 4.73 Å². The van der Waals surface area contributed by atoms with Crippen molar-refractivity contribution in [3.8, 4) is 0 Å². The van der Waals surface area contributed by atoms with Gasteiger partial charge in [0.15, 0.2) is 0 Å². The zero-order valence-corrected chi connectivity index (χ0v) is 9.77. The Morgan fingerprint density at radius 2 is 2.35 bits per heavy atom. The van der Waals surface area contributed by atoms with Gasteiger partial charge in [-0.3, -0.25) is 4.21 Å². The summed E-state index contributed by atoms with van der Waals surface area (Å²) in [5, 5.41) is 0. The highest BCUT2D eigenvalue weighted by molar-refractivity contribution is 7.78. The normalized spacial score (nSPS) is 12.6. The van der Waals surface area contributed by atoms with Crippen molar-refractivity contribution in [3.05, 3.63) is 30.1 Å². The molecule has 0 aliphatic carbocycles. The first-order chi connectivity index (χ1) is 8.08. The molecule has 1 atom stereocenters. The lowest BCUT2D eigenvalue weighted by molar-refractivity contribution is -0.141. The molecule has 0 radical (unpaired) electrons. The van der Waals surface area contributed by atoms with E-state index in [0.29, 0.717) is 16.6 Å². The fraction of sp³-hybridized carbons (Fsp3) is 0.200. The smallest absolute Gasteiger partial charge is 0.329 e. The van der Waals surface area contributed by atoms with E-state index in [9.17, 15) is 13.6 Å². The van der Waals surface area contributed by atoms with Crippen LogP contribution in [-0.2, 0) is 21.6 Å². The highest BCUT2D eigenvalue weighted by Crippen LogP contribution is 2.18. The van der Waals surface area contributed by atoms with Crippen LogP contribution in [0.5, 0.6) is 0 Å². The average Bonchev–Trinajstić information content (AvgIpc) is 2.61. The summed E-state index contributed by atoms with van der Waals surface area (Å²) in [6.45, 7) is 1.26. The van der Waals surface area contributed by atoms with Crippen LogP contribution in [0.3, 0.4) is 0 Å². The second-order valence-electron chi connectivity index (χ2n) is 3.39. The number of aromatic nitrogens is 2. The zero-order chi connectivity index (χ0) is 12.4. The molecule has 0 amide bonds. The van der Waals surface area contributed by atoms with Gasteiger partial charge in [-0.25, -0.2) is 9.78 Å². The van der Waals surface area contributed by atoms with Crippen LogP contribution in [0.25, 0.3) is 11.0 Å². The van der Waals surface area contributed by atoms with Crippen LogP contribution < -0.4 is 4.84 Å². The minimum absolute atomic E-state index is 0.149. The van der Waals surface area contributed by atoms with E-state index in [-0.39, 0.29) is 5.75 Å². The lowest BCUT2D eigenvalue weighted by Crippen LogP contribution is -2.16. The molecule has 6 nitrogen and oxygen atoms in total. The molecule has 0 bridgehead atoms. The fourth-order valence-electron chi connectivity index (χ4n) is 1.56. The number of carbonyl (C=O) groups excluding carboxylic acids is 1. The summed E-state index contributed by atoms with van der Waals surface area (Å²) in [6.07, 6.45) is 1.34. The van der Waals surface area contributed by atoms with Crippen molar-refractivity contribution in [1.29, 1.82) is 0 Å². The molecule has 2 aromatic rings. The third-order valence-electron chi connectivity index (χ3n) is 2.12. The van der Waals surface area contributed by atoms with E-state index in [1.165, 1.54) is 18.0 Å². The third-order valence-corrected chi connectivity index (χ3v) is 2.67. The molecular weight excluding hydrogens is 244 g/mol. The predicted octanol–water partition coefficient (Wildman–Crippen LogP) is 0.390. The number of benzene rings is 1. The number of fused-ring (bicyclic) bond motifs is 1. The summed E-state index contributed by atoms with van der Waals surface area (Å²) in [7, 11) is 0. The van der Waals surface area contributed by atoms with Gasteiger partial charge in [0, 0.05) is 12.7 Å². The Morgan fingerprint density at radius 1 is 1.59 bits per heavy atom. The summed E-state index contributed by atoms with van der Waals surface area (Å²) in [6, 6.07) is 5.07. The maximum Gasteiger partial charge on any atom is 0.329 e. The highest BCUT2D eigenvalue weighted by Gasteiger charge is 2.10. The Hall–Kier alpha value is -1.73. The second-order valence-corrected chi connectivity index (χ2v) is 4.28. The molecule has 0 saturated heterocycles. The van der Waals surface area contributed by atoms with E-state index in [4.69, 9.17) is 4.84 Å². The standard InChI is InChI=1S/C10H10N2O4S/c1-7(13)16-12-6-11-9-4-2-3-8(10(9)12)5-17(14)15/h2-4,6H,5H2,1H3,(H,14,15)/p-1. The second kappa shape index (κ2) is 4.64. The Morgan fingerprint density at radius 3 is 3.00 bits per heavy atom. The van der Waals surface area contributed by atoms with Crippen molar-refractivity contribution in [2.75, 3.05) is 0 Å². The molecule has 0 spiro atoms. The molecule has 0 aliphatic heterocycles. The summed E-state index contributed by atoms with van der Waals surface area (Å²) in [5.41, 5.74) is 1.61. The molecule has 1 unspecified atom stereocenters. The average molecular weight is 253 g/mol. The molecule has 1 aromatic heterocycles. The van der Waals surface area contributed by atoms with Crippen molar-refractivity contribution >= 4 is 28.1 Å². The molecule has 0 saturated carbocycles. The number of imidazole rings is 1. The molecule has 1 aromatic carbocycles. The number of para-hydroxylation sites is 1. The monoisotopic (exact) mass is 253 g/mol. The number of hydrogen-bond acceptors (Lipinski definition) is 5. The molecule has 0 aliphatic rings. The SMILES string of the molecule is CC(=O)On1cnc2cccc(CS(=O)[O-])c21. The van der Waals surface area contributed by atoms with Gasteiger partial charge < -0.3 is 9.39 Å². The van der Waals surface area contributed by atoms with E-state index in [2.05, 4.69) is 4.98 Å². The van der Waals surface area contributed by atoms with Gasteiger partial charge in [-0.1, -0.05) is 23.2 Å². The molecular formula is C10H9N2O4S-. The highest BCUT2D eigenvalue weighted by atomic mass is 32.2. The topological polar surface area (TPSA) is 84.2 Å². The number of hydrogen-bond donors (Lipinski definition) is 0. The first-order valence-corrected chi connectivity index (χ1v) is 6.02. The lowest BCUT2D eigenvalue weighted by Gasteiger charge is -2.08. The summed E-state index contributed by atoms with van der Waals surface area (Å²) >= 11 is -2.21. The van der Waals surface area contributed by atoms with Gasteiger partial charge in [0.25, 0.3) is 0 Å². The summed E-state index contributed by atoms with van der Waals surface area (Å²) < 4.78 is 22.6. The molecule has 17 heavy (non-hydrogen) atoms. The van der Waals surface area contributed by atoms with Crippen LogP contribution in [0.4, 0.5) is 0 Å². The Labute approximate surface area is 99.5 Å². The summed E-state index contributed by atoms with van der Waals surface area (Å²) in [4.78, 5) is 19.8. The van der Waals surface area contributed by atoms with Crippen molar-refractivity contribution in [2.45, 2.75) is 12.7 Å². The zero-order valence-electron chi connectivity index (χ0n) is 8.95. The molecule has 2 rings (SSSR count). The molecule has 90 valence electrons. The number of rotatable bonds is 3. The maximum absolute atomic E-state index is 10.9. The van der Waals surface area contributed by atoms with E-state index in [1.54, 1.807) is 18.2 Å². The largest absolute Gasteiger partial charge is 0.772 e. The van der Waals surface area contributed by atoms with E-state index in [0.717, 1.165) is 0 Å². The fourth-order valence-corrected chi connectivity index (χ4v) is 2.05. The Balaban J connectivity index is 2.54. The van der Waals surface area contributed by atoms with Crippen LogP contribution in [0.1, 0.15) is 12.5 Å². The lowest BCUT2D eigenvalue weighted by atomic mass is 10.2. The van der Waals surface area contributed by atoms with Gasteiger partial charge in [-0.05, 0) is 11.6 Å². The number of carbonyl (C=O) groups is 1. The Bertz CT molecular complexity index is 593. The quantitative estimate of drug-likeness (QED) is 0.739. The van der Waals surface area contributed by atoms with Crippen LogP contribution >= 0.6 is 0 Å². The van der Waals surface area contributed by atoms with E-state index in [1.807, 2.05) is 0 Å². The Kier molecular flexibility index (Phi) is 3.21. The predicted molar refractivity (Wildman–Crippen MR) is 59.6 cm³/mol. The maximum atomic E-state index is 10.9. The van der Waals surface area contributed by atoms with E-state index < -0.39 is 17.0 Å². The van der Waals surface area contributed by atoms with Crippen molar-refractivity contribution < 1.29 is 18.4 Å². The van der Waals surface area contributed by atoms with Gasteiger partial charge in [0.05, 0.1) is 5.52 Å². The third kappa shape index (κ3) is 2.51. The first-order valence-electron chi connectivity index (χ1n) is 4.77. The van der Waals surface area contributed by atoms with Crippen molar-refractivity contribution in [1.82, 2.24) is 9.71 Å². The molecule has 7 heteroatoms. The summed E-state index contributed by atoms with van der Waals surface area (Å²) in [5.74, 6) is -0.646. The van der Waals surface area contributed by atoms with Crippen molar-refractivity contribution in [2.24, 2.45) is 0 Å². The molecule has 0 N–H and O–H groups in total. The molecule has 1 heterocycles. The van der Waals surface area contributed by atoms with Crippen LogP contribution in [-0.4, -0.2) is 24.4 Å². The van der Waals surface area contributed by atoms with Gasteiger partial charge in [0.2, 0.25) is 0 Å². The van der Waals surface area contributed by atoms with Crippen LogP contribution in [0.2, 0.25) is 0 Å². The number of nitrogens with zero attached hydrogens (tertiary/aromatic N) is 2. The first kappa shape index (κ1) is 11.7.